The summed E-state index contributed by atoms with van der Waals surface area (Å²) in [6.07, 6.45) is 5.47. The van der Waals surface area contributed by atoms with Crippen molar-refractivity contribution < 1.29 is 9.59 Å². The van der Waals surface area contributed by atoms with Gasteiger partial charge in [-0.25, -0.2) is 5.43 Å². The predicted molar refractivity (Wildman–Crippen MR) is 87.7 cm³/mol. The highest BCUT2D eigenvalue weighted by Crippen LogP contribution is 2.25. The van der Waals surface area contributed by atoms with Crippen LogP contribution in [0.4, 0.5) is 5.69 Å². The molecule has 0 radical (unpaired) electrons. The maximum Gasteiger partial charge on any atom is 0.236 e. The highest BCUT2D eigenvalue weighted by Gasteiger charge is 2.21. The quantitative estimate of drug-likeness (QED) is 0.663. The van der Waals surface area contributed by atoms with Crippen LogP contribution in [0.1, 0.15) is 51.5 Å². The van der Waals surface area contributed by atoms with Crippen molar-refractivity contribution in [3.05, 3.63) is 29.8 Å². The Morgan fingerprint density at radius 1 is 1.14 bits per heavy atom. The summed E-state index contributed by atoms with van der Waals surface area (Å²) in [7, 11) is 0. The van der Waals surface area contributed by atoms with E-state index in [4.69, 9.17) is 0 Å². The number of rotatable bonds is 4. The van der Waals surface area contributed by atoms with Crippen molar-refractivity contribution in [2.24, 2.45) is 11.0 Å². The molecule has 118 valence electrons. The first-order chi connectivity index (χ1) is 10.6. The zero-order chi connectivity index (χ0) is 15.9. The Morgan fingerprint density at radius 2 is 1.86 bits per heavy atom. The molecule has 0 atom stereocenters. The second-order valence-electron chi connectivity index (χ2n) is 5.77. The molecule has 0 aliphatic heterocycles. The Bertz CT molecular complexity index is 575. The van der Waals surface area contributed by atoms with Crippen molar-refractivity contribution >= 4 is 23.2 Å². The lowest BCUT2D eigenvalue weighted by Crippen LogP contribution is -2.24. The molecule has 1 fully saturated rings. The van der Waals surface area contributed by atoms with E-state index < -0.39 is 0 Å². The lowest BCUT2D eigenvalue weighted by atomic mass is 9.88. The monoisotopic (exact) mass is 301 g/mol. The maximum absolute atomic E-state index is 12.3. The average Bonchev–Trinajstić information content (AvgIpc) is 2.53. The largest absolute Gasteiger partial charge is 0.326 e. The molecule has 1 aliphatic rings. The van der Waals surface area contributed by atoms with Gasteiger partial charge in [-0.05, 0) is 37.5 Å². The fraction of sp³-hybridized carbons (Fsp3) is 0.471. The number of carbonyl (C=O) groups excluding carboxylic acids is 2. The lowest BCUT2D eigenvalue weighted by Gasteiger charge is -2.20. The van der Waals surface area contributed by atoms with Gasteiger partial charge < -0.3 is 5.32 Å². The van der Waals surface area contributed by atoms with Gasteiger partial charge in [0.2, 0.25) is 11.8 Å². The summed E-state index contributed by atoms with van der Waals surface area (Å²) >= 11 is 0. The van der Waals surface area contributed by atoms with Gasteiger partial charge in [-0.15, -0.1) is 0 Å². The second-order valence-corrected chi connectivity index (χ2v) is 5.77. The zero-order valence-corrected chi connectivity index (χ0v) is 13.2. The van der Waals surface area contributed by atoms with Gasteiger partial charge in [-0.2, -0.15) is 5.10 Å². The van der Waals surface area contributed by atoms with Gasteiger partial charge in [-0.1, -0.05) is 31.4 Å². The number of benzene rings is 1. The van der Waals surface area contributed by atoms with Crippen LogP contribution in [0, 0.1) is 5.92 Å². The minimum atomic E-state index is -0.207. The SMILES string of the molecule is CC(=O)N/N=C(/C)c1cccc(NC(=O)C2CCCCC2)c1. The molecule has 0 saturated heterocycles. The number of hydrazone groups is 1. The fourth-order valence-corrected chi connectivity index (χ4v) is 2.66. The minimum Gasteiger partial charge on any atom is -0.326 e. The maximum atomic E-state index is 12.3. The molecule has 0 unspecified atom stereocenters. The summed E-state index contributed by atoms with van der Waals surface area (Å²) in [4.78, 5) is 23.2. The average molecular weight is 301 g/mol. The summed E-state index contributed by atoms with van der Waals surface area (Å²) in [5.41, 5.74) is 4.75. The van der Waals surface area contributed by atoms with Gasteiger partial charge in [0.15, 0.2) is 0 Å². The van der Waals surface area contributed by atoms with Crippen molar-refractivity contribution in [3.8, 4) is 0 Å². The van der Waals surface area contributed by atoms with Crippen LogP contribution in [-0.4, -0.2) is 17.5 Å². The third-order valence-corrected chi connectivity index (χ3v) is 3.90. The third kappa shape index (κ3) is 4.69. The van der Waals surface area contributed by atoms with E-state index in [-0.39, 0.29) is 17.7 Å². The van der Waals surface area contributed by atoms with E-state index in [9.17, 15) is 9.59 Å². The van der Waals surface area contributed by atoms with E-state index in [1.165, 1.54) is 13.3 Å². The Morgan fingerprint density at radius 3 is 2.55 bits per heavy atom. The molecule has 1 aromatic rings. The minimum absolute atomic E-state index is 0.105. The van der Waals surface area contributed by atoms with Crippen LogP contribution in [-0.2, 0) is 9.59 Å². The molecule has 2 rings (SSSR count). The molecule has 5 nitrogen and oxygen atoms in total. The van der Waals surface area contributed by atoms with Crippen molar-refractivity contribution in [2.45, 2.75) is 46.0 Å². The number of amides is 2. The molecule has 1 saturated carbocycles. The molecule has 1 aliphatic carbocycles. The molecule has 2 amide bonds. The van der Waals surface area contributed by atoms with E-state index in [0.29, 0.717) is 5.71 Å². The molecule has 2 N–H and O–H groups in total. The molecule has 1 aromatic carbocycles. The number of nitrogens with zero attached hydrogens (tertiary/aromatic N) is 1. The van der Waals surface area contributed by atoms with Crippen molar-refractivity contribution in [1.29, 1.82) is 0 Å². The van der Waals surface area contributed by atoms with Gasteiger partial charge in [-0.3, -0.25) is 9.59 Å². The smallest absolute Gasteiger partial charge is 0.236 e. The third-order valence-electron chi connectivity index (χ3n) is 3.90. The van der Waals surface area contributed by atoms with Crippen molar-refractivity contribution in [1.82, 2.24) is 5.43 Å². The zero-order valence-electron chi connectivity index (χ0n) is 13.2. The van der Waals surface area contributed by atoms with Crippen molar-refractivity contribution in [2.75, 3.05) is 5.32 Å². The Labute approximate surface area is 131 Å². The van der Waals surface area contributed by atoms with Gasteiger partial charge >= 0.3 is 0 Å². The Kier molecular flexibility index (Phi) is 5.69. The van der Waals surface area contributed by atoms with Crippen LogP contribution in [0.3, 0.4) is 0 Å². The molecule has 0 heterocycles. The molecule has 22 heavy (non-hydrogen) atoms. The van der Waals surface area contributed by atoms with Crippen LogP contribution in [0.2, 0.25) is 0 Å². The van der Waals surface area contributed by atoms with Gasteiger partial charge in [0.05, 0.1) is 5.71 Å². The number of anilines is 1. The lowest BCUT2D eigenvalue weighted by molar-refractivity contribution is -0.121. The standard InChI is InChI=1S/C17H23N3O2/c1-12(19-20-13(2)21)15-9-6-10-16(11-15)18-17(22)14-7-4-3-5-8-14/h6,9-11,14H,3-5,7-8H2,1-2H3,(H,18,22)(H,20,21)/b19-12-. The summed E-state index contributed by atoms with van der Waals surface area (Å²) in [5.74, 6) is 0.0287. The van der Waals surface area contributed by atoms with Gasteiger partial charge in [0.1, 0.15) is 0 Å². The second kappa shape index (κ2) is 7.73. The normalized spacial score (nSPS) is 16.2. The van der Waals surface area contributed by atoms with E-state index in [0.717, 1.165) is 36.9 Å². The highest BCUT2D eigenvalue weighted by atomic mass is 16.2. The molecule has 0 bridgehead atoms. The molecule has 5 heteroatoms. The summed E-state index contributed by atoms with van der Waals surface area (Å²) in [6.45, 7) is 3.23. The molecule has 0 aromatic heterocycles. The van der Waals surface area contributed by atoms with Crippen LogP contribution in [0.25, 0.3) is 0 Å². The van der Waals surface area contributed by atoms with E-state index in [1.807, 2.05) is 31.2 Å². The van der Waals surface area contributed by atoms with Crippen LogP contribution < -0.4 is 10.7 Å². The van der Waals surface area contributed by atoms with Gasteiger partial charge in [0, 0.05) is 18.5 Å². The summed E-state index contributed by atoms with van der Waals surface area (Å²) in [6, 6.07) is 7.52. The first-order valence-electron chi connectivity index (χ1n) is 7.78. The highest BCUT2D eigenvalue weighted by molar-refractivity contribution is 6.01. The van der Waals surface area contributed by atoms with Crippen LogP contribution in [0.5, 0.6) is 0 Å². The fourth-order valence-electron chi connectivity index (χ4n) is 2.66. The number of hydrogen-bond acceptors (Lipinski definition) is 3. The van der Waals surface area contributed by atoms with Gasteiger partial charge in [0.25, 0.3) is 0 Å². The first-order valence-corrected chi connectivity index (χ1v) is 7.78. The molecular weight excluding hydrogens is 278 g/mol. The Hall–Kier alpha value is -2.17. The number of hydrogen-bond donors (Lipinski definition) is 2. The van der Waals surface area contributed by atoms with Crippen LogP contribution in [0.15, 0.2) is 29.4 Å². The van der Waals surface area contributed by atoms with E-state index >= 15 is 0 Å². The predicted octanol–water partition coefficient (Wildman–Crippen LogP) is 3.07. The van der Waals surface area contributed by atoms with E-state index in [2.05, 4.69) is 15.8 Å². The molecule has 0 spiro atoms. The topological polar surface area (TPSA) is 70.6 Å². The summed E-state index contributed by atoms with van der Waals surface area (Å²) < 4.78 is 0. The van der Waals surface area contributed by atoms with E-state index in [1.54, 1.807) is 0 Å². The van der Waals surface area contributed by atoms with Crippen molar-refractivity contribution in [3.63, 3.8) is 0 Å². The first kappa shape index (κ1) is 16.2. The number of carbonyl (C=O) groups is 2. The number of nitrogens with one attached hydrogen (secondary N) is 2. The Balaban J connectivity index is 2.03. The summed E-state index contributed by atoms with van der Waals surface area (Å²) in [5, 5.41) is 7.00. The molecular formula is C17H23N3O2. The van der Waals surface area contributed by atoms with Crippen LogP contribution >= 0.6 is 0 Å².